The van der Waals surface area contributed by atoms with E-state index in [1.165, 1.54) is 11.3 Å². The van der Waals surface area contributed by atoms with Crippen molar-refractivity contribution in [3.8, 4) is 0 Å². The molecule has 0 spiro atoms. The average Bonchev–Trinajstić information content (AvgIpc) is 2.78. The molecule has 0 saturated carbocycles. The molecule has 1 N–H and O–H groups in total. The van der Waals surface area contributed by atoms with Gasteiger partial charge in [-0.1, -0.05) is 65.7 Å². The lowest BCUT2D eigenvalue weighted by molar-refractivity contribution is -0.211. The zero-order valence-electron chi connectivity index (χ0n) is 18.6. The SMILES string of the molecule is CCN(CC)c1ccc(CCOC(O)(Cc2ccc(Cl)cc2)c2ccc(C)cc2)cc1. The van der Waals surface area contributed by atoms with Crippen molar-refractivity contribution >= 4 is 17.3 Å². The summed E-state index contributed by atoms with van der Waals surface area (Å²) in [7, 11) is 0. The molecule has 0 aliphatic carbocycles. The zero-order chi connectivity index (χ0) is 22.3. The second kappa shape index (κ2) is 10.8. The predicted molar refractivity (Wildman–Crippen MR) is 130 cm³/mol. The molecule has 31 heavy (non-hydrogen) atoms. The Hall–Kier alpha value is -2.33. The Morgan fingerprint density at radius 2 is 1.42 bits per heavy atom. The third kappa shape index (κ3) is 6.33. The Labute approximate surface area is 191 Å². The maximum absolute atomic E-state index is 11.5. The third-order valence-electron chi connectivity index (χ3n) is 5.66. The van der Waals surface area contributed by atoms with E-state index >= 15 is 0 Å². The van der Waals surface area contributed by atoms with Crippen LogP contribution in [0.4, 0.5) is 5.69 Å². The maximum atomic E-state index is 11.5. The molecule has 0 saturated heterocycles. The molecular weight excluding hydrogens is 406 g/mol. The number of aryl methyl sites for hydroxylation is 1. The number of rotatable bonds is 10. The number of ether oxygens (including phenoxy) is 1. The first kappa shape index (κ1) is 23.3. The van der Waals surface area contributed by atoms with Crippen LogP contribution in [0.15, 0.2) is 72.8 Å². The Morgan fingerprint density at radius 1 is 0.839 bits per heavy atom. The topological polar surface area (TPSA) is 32.7 Å². The highest BCUT2D eigenvalue weighted by Gasteiger charge is 2.30. The van der Waals surface area contributed by atoms with Crippen molar-refractivity contribution in [2.75, 3.05) is 24.6 Å². The summed E-state index contributed by atoms with van der Waals surface area (Å²) in [6.07, 6.45) is 1.08. The third-order valence-corrected chi connectivity index (χ3v) is 5.91. The highest BCUT2D eigenvalue weighted by molar-refractivity contribution is 6.30. The predicted octanol–water partition coefficient (Wildman–Crippen LogP) is 6.14. The number of benzene rings is 3. The van der Waals surface area contributed by atoms with E-state index in [9.17, 15) is 5.11 Å². The first-order valence-corrected chi connectivity index (χ1v) is 11.3. The summed E-state index contributed by atoms with van der Waals surface area (Å²) in [5.74, 6) is -1.40. The molecule has 3 aromatic carbocycles. The Balaban J connectivity index is 1.71. The molecule has 3 aromatic rings. The average molecular weight is 438 g/mol. The number of nitrogens with zero attached hydrogens (tertiary/aromatic N) is 1. The van der Waals surface area contributed by atoms with Gasteiger partial charge >= 0.3 is 0 Å². The van der Waals surface area contributed by atoms with Gasteiger partial charge in [-0.05, 0) is 62.6 Å². The zero-order valence-corrected chi connectivity index (χ0v) is 19.4. The molecule has 0 aromatic heterocycles. The summed E-state index contributed by atoms with van der Waals surface area (Å²) in [4.78, 5) is 2.32. The lowest BCUT2D eigenvalue weighted by atomic mass is 9.96. The maximum Gasteiger partial charge on any atom is 0.196 e. The van der Waals surface area contributed by atoms with E-state index in [2.05, 4.69) is 43.0 Å². The molecule has 0 fully saturated rings. The van der Waals surface area contributed by atoms with Crippen molar-refractivity contribution in [1.29, 1.82) is 0 Å². The van der Waals surface area contributed by atoms with Gasteiger partial charge in [0.2, 0.25) is 0 Å². The fourth-order valence-corrected chi connectivity index (χ4v) is 3.86. The molecule has 1 atom stereocenters. The van der Waals surface area contributed by atoms with Crippen LogP contribution in [-0.4, -0.2) is 24.8 Å². The van der Waals surface area contributed by atoms with E-state index in [1.807, 2.05) is 55.5 Å². The quantitative estimate of drug-likeness (QED) is 0.386. The van der Waals surface area contributed by atoms with Crippen molar-refractivity contribution in [1.82, 2.24) is 0 Å². The van der Waals surface area contributed by atoms with Crippen LogP contribution in [0.5, 0.6) is 0 Å². The van der Waals surface area contributed by atoms with Crippen LogP contribution < -0.4 is 4.90 Å². The number of anilines is 1. The van der Waals surface area contributed by atoms with Crippen molar-refractivity contribution < 1.29 is 9.84 Å². The second-order valence-corrected chi connectivity index (χ2v) is 8.33. The van der Waals surface area contributed by atoms with Gasteiger partial charge in [-0.25, -0.2) is 0 Å². The van der Waals surface area contributed by atoms with Crippen molar-refractivity contribution in [2.24, 2.45) is 0 Å². The van der Waals surface area contributed by atoms with Crippen LogP contribution in [0, 0.1) is 6.92 Å². The minimum absolute atomic E-state index is 0.355. The molecule has 0 heterocycles. The van der Waals surface area contributed by atoms with Gasteiger partial charge in [0.15, 0.2) is 5.79 Å². The molecular formula is C27H32ClNO2. The Bertz CT molecular complexity index is 934. The standard InChI is InChI=1S/C27H32ClNO2/c1-4-29(5-2)26-16-10-22(11-17-26)18-19-31-27(30,24-12-6-21(3)7-13-24)20-23-8-14-25(28)15-9-23/h6-17,30H,4-5,18-20H2,1-3H3. The second-order valence-electron chi connectivity index (χ2n) is 7.89. The molecule has 3 nitrogen and oxygen atoms in total. The Kier molecular flexibility index (Phi) is 8.14. The molecule has 0 radical (unpaired) electrons. The molecule has 1 unspecified atom stereocenters. The van der Waals surface area contributed by atoms with Gasteiger partial charge in [-0.2, -0.15) is 0 Å². The lowest BCUT2D eigenvalue weighted by Gasteiger charge is -2.29. The monoisotopic (exact) mass is 437 g/mol. The first-order chi connectivity index (χ1) is 14.9. The fourth-order valence-electron chi connectivity index (χ4n) is 3.73. The van der Waals surface area contributed by atoms with Crippen LogP contribution in [0.2, 0.25) is 5.02 Å². The summed E-state index contributed by atoms with van der Waals surface area (Å²) < 4.78 is 6.13. The van der Waals surface area contributed by atoms with Crippen LogP contribution in [0.25, 0.3) is 0 Å². The van der Waals surface area contributed by atoms with Crippen LogP contribution in [0.3, 0.4) is 0 Å². The number of hydrogen-bond acceptors (Lipinski definition) is 3. The first-order valence-electron chi connectivity index (χ1n) is 11.0. The summed E-state index contributed by atoms with van der Waals surface area (Å²) in [6.45, 7) is 8.77. The normalized spacial score (nSPS) is 13.1. The molecule has 164 valence electrons. The van der Waals surface area contributed by atoms with E-state index in [0.29, 0.717) is 18.1 Å². The minimum Gasteiger partial charge on any atom is -0.372 e. The van der Waals surface area contributed by atoms with Crippen LogP contribution in [0.1, 0.15) is 36.1 Å². The lowest BCUT2D eigenvalue weighted by Crippen LogP contribution is -2.33. The number of aliphatic hydroxyl groups is 1. The van der Waals surface area contributed by atoms with E-state index in [0.717, 1.165) is 36.2 Å². The van der Waals surface area contributed by atoms with Crippen LogP contribution >= 0.6 is 11.6 Å². The van der Waals surface area contributed by atoms with Gasteiger partial charge in [-0.15, -0.1) is 0 Å². The van der Waals surface area contributed by atoms with Gasteiger partial charge < -0.3 is 14.7 Å². The van der Waals surface area contributed by atoms with Gasteiger partial charge in [0.25, 0.3) is 0 Å². The number of hydrogen-bond donors (Lipinski definition) is 1. The smallest absolute Gasteiger partial charge is 0.196 e. The van der Waals surface area contributed by atoms with Gasteiger partial charge in [0.05, 0.1) is 6.61 Å². The summed E-state index contributed by atoms with van der Waals surface area (Å²) in [5.41, 5.74) is 5.29. The van der Waals surface area contributed by atoms with E-state index < -0.39 is 5.79 Å². The molecule has 4 heteroatoms. The minimum atomic E-state index is -1.40. The van der Waals surface area contributed by atoms with Gasteiger partial charge in [0.1, 0.15) is 0 Å². The van der Waals surface area contributed by atoms with Crippen molar-refractivity contribution in [3.05, 3.63) is 100 Å². The number of halogens is 1. The molecule has 3 rings (SSSR count). The van der Waals surface area contributed by atoms with Gasteiger partial charge in [-0.3, -0.25) is 0 Å². The van der Waals surface area contributed by atoms with Crippen molar-refractivity contribution in [3.63, 3.8) is 0 Å². The van der Waals surface area contributed by atoms with E-state index in [4.69, 9.17) is 16.3 Å². The summed E-state index contributed by atoms with van der Waals surface area (Å²) in [5, 5.41) is 12.2. The van der Waals surface area contributed by atoms with E-state index in [1.54, 1.807) is 0 Å². The van der Waals surface area contributed by atoms with Gasteiger partial charge in [0, 0.05) is 35.8 Å². The summed E-state index contributed by atoms with van der Waals surface area (Å²) in [6, 6.07) is 24.0. The summed E-state index contributed by atoms with van der Waals surface area (Å²) >= 11 is 6.02. The largest absolute Gasteiger partial charge is 0.372 e. The van der Waals surface area contributed by atoms with Crippen LogP contribution in [-0.2, 0) is 23.4 Å². The Morgan fingerprint density at radius 3 is 2.00 bits per heavy atom. The van der Waals surface area contributed by atoms with E-state index in [-0.39, 0.29) is 0 Å². The molecule has 0 bridgehead atoms. The molecule has 0 aliphatic heterocycles. The highest BCUT2D eigenvalue weighted by atomic mass is 35.5. The molecule has 0 amide bonds. The molecule has 0 aliphatic rings. The fraction of sp³-hybridized carbons (Fsp3) is 0.333. The van der Waals surface area contributed by atoms with Crippen molar-refractivity contribution in [2.45, 2.75) is 39.4 Å². The highest BCUT2D eigenvalue weighted by Crippen LogP contribution is 2.29.